The molecular weight excluding hydrogens is 350 g/mol. The van der Waals surface area contributed by atoms with Crippen LogP contribution in [0.3, 0.4) is 0 Å². The summed E-state index contributed by atoms with van der Waals surface area (Å²) in [5, 5.41) is 11.7. The largest absolute Gasteiger partial charge is 0.496 e. The van der Waals surface area contributed by atoms with Gasteiger partial charge in [0.25, 0.3) is 0 Å². The number of methoxy groups -OCH3 is 1. The molecule has 8 heteroatoms. The Kier molecular flexibility index (Phi) is 5.82. The number of nitro groups is 1. The van der Waals surface area contributed by atoms with Crippen LogP contribution in [-0.4, -0.2) is 24.1 Å². The van der Waals surface area contributed by atoms with E-state index in [4.69, 9.17) is 25.8 Å². The van der Waals surface area contributed by atoms with Crippen LogP contribution in [0.1, 0.15) is 12.5 Å². The lowest BCUT2D eigenvalue weighted by Gasteiger charge is -2.15. The van der Waals surface area contributed by atoms with Crippen molar-refractivity contribution < 1.29 is 23.9 Å². The minimum atomic E-state index is -0.971. The summed E-state index contributed by atoms with van der Waals surface area (Å²) >= 11 is 5.87. The minimum absolute atomic E-state index is 0.181. The van der Waals surface area contributed by atoms with Crippen LogP contribution in [0, 0.1) is 17.0 Å². The maximum absolute atomic E-state index is 12.2. The molecule has 1 atom stereocenters. The minimum Gasteiger partial charge on any atom is -0.496 e. The van der Waals surface area contributed by atoms with E-state index in [0.717, 1.165) is 5.56 Å². The molecule has 7 nitrogen and oxygen atoms in total. The summed E-state index contributed by atoms with van der Waals surface area (Å²) in [4.78, 5) is 22.7. The Morgan fingerprint density at radius 2 is 1.88 bits per heavy atom. The molecule has 2 aromatic rings. The molecule has 0 fully saturated rings. The molecule has 0 aromatic heterocycles. The molecule has 0 saturated carbocycles. The van der Waals surface area contributed by atoms with Gasteiger partial charge in [0, 0.05) is 5.02 Å². The van der Waals surface area contributed by atoms with Crippen molar-refractivity contribution in [1.82, 2.24) is 0 Å². The highest BCUT2D eigenvalue weighted by Gasteiger charge is 2.24. The van der Waals surface area contributed by atoms with Crippen LogP contribution in [-0.2, 0) is 4.79 Å². The van der Waals surface area contributed by atoms with Crippen LogP contribution in [0.25, 0.3) is 0 Å². The summed E-state index contributed by atoms with van der Waals surface area (Å²) in [6.45, 7) is 3.28. The molecule has 0 radical (unpaired) electrons. The topological polar surface area (TPSA) is 87.9 Å². The number of carbonyl (C=O) groups is 1. The predicted octanol–water partition coefficient (Wildman–Crippen LogP) is 3.94. The van der Waals surface area contributed by atoms with Crippen LogP contribution < -0.4 is 14.2 Å². The third-order valence-electron chi connectivity index (χ3n) is 3.35. The van der Waals surface area contributed by atoms with Crippen molar-refractivity contribution in [1.29, 1.82) is 0 Å². The number of halogens is 1. The first-order valence-corrected chi connectivity index (χ1v) is 7.66. The molecule has 0 heterocycles. The molecule has 0 aliphatic rings. The Labute approximate surface area is 149 Å². The summed E-state index contributed by atoms with van der Waals surface area (Å²) in [6, 6.07) is 8.91. The van der Waals surface area contributed by atoms with Crippen molar-refractivity contribution in [3.63, 3.8) is 0 Å². The van der Waals surface area contributed by atoms with Gasteiger partial charge in [0.2, 0.25) is 5.75 Å². The molecule has 0 spiro atoms. The normalized spacial score (nSPS) is 11.5. The van der Waals surface area contributed by atoms with Crippen LogP contribution in [0.15, 0.2) is 36.4 Å². The van der Waals surface area contributed by atoms with E-state index in [1.54, 1.807) is 25.1 Å². The van der Waals surface area contributed by atoms with Gasteiger partial charge in [0.15, 0.2) is 6.10 Å². The van der Waals surface area contributed by atoms with E-state index in [9.17, 15) is 14.9 Å². The zero-order chi connectivity index (χ0) is 18.6. The highest BCUT2D eigenvalue weighted by atomic mass is 35.5. The first-order chi connectivity index (χ1) is 11.8. The van der Waals surface area contributed by atoms with Gasteiger partial charge in [-0.1, -0.05) is 11.6 Å². The first kappa shape index (κ1) is 18.5. The SMILES string of the molecule is COc1ccc(OC(=O)C(C)Oc2ccc(Cl)cc2C)c([N+](=O)[O-])c1. The molecule has 0 aliphatic heterocycles. The van der Waals surface area contributed by atoms with Gasteiger partial charge in [-0.3, -0.25) is 10.1 Å². The summed E-state index contributed by atoms with van der Waals surface area (Å²) in [5.41, 5.74) is 0.380. The standard InChI is InChI=1S/C17H16ClNO6/c1-10-8-12(18)4-6-15(10)24-11(2)17(20)25-16-7-5-13(23-3)9-14(16)19(21)22/h4-9,11H,1-3H3. The fourth-order valence-electron chi connectivity index (χ4n) is 2.03. The third kappa shape index (κ3) is 4.60. The van der Waals surface area contributed by atoms with Gasteiger partial charge >= 0.3 is 11.7 Å². The van der Waals surface area contributed by atoms with Crippen LogP contribution in [0.4, 0.5) is 5.69 Å². The van der Waals surface area contributed by atoms with Gasteiger partial charge in [-0.25, -0.2) is 4.79 Å². The van der Waals surface area contributed by atoms with Gasteiger partial charge in [-0.15, -0.1) is 0 Å². The number of ether oxygens (including phenoxy) is 3. The molecule has 0 amide bonds. The molecule has 25 heavy (non-hydrogen) atoms. The van der Waals surface area contributed by atoms with E-state index in [1.807, 2.05) is 0 Å². The molecule has 0 N–H and O–H groups in total. The lowest BCUT2D eigenvalue weighted by Crippen LogP contribution is -2.28. The van der Waals surface area contributed by atoms with E-state index in [2.05, 4.69) is 0 Å². The monoisotopic (exact) mass is 365 g/mol. The molecular formula is C17H16ClNO6. The van der Waals surface area contributed by atoms with Gasteiger partial charge < -0.3 is 14.2 Å². The lowest BCUT2D eigenvalue weighted by molar-refractivity contribution is -0.385. The highest BCUT2D eigenvalue weighted by Crippen LogP contribution is 2.31. The molecule has 0 saturated heterocycles. The number of benzene rings is 2. The second-order valence-electron chi connectivity index (χ2n) is 5.18. The van der Waals surface area contributed by atoms with Gasteiger partial charge in [0.1, 0.15) is 11.5 Å². The molecule has 2 rings (SSSR count). The maximum Gasteiger partial charge on any atom is 0.352 e. The quantitative estimate of drug-likeness (QED) is 0.333. The van der Waals surface area contributed by atoms with E-state index < -0.39 is 17.0 Å². The average Bonchev–Trinajstić information content (AvgIpc) is 2.57. The number of rotatable bonds is 6. The highest BCUT2D eigenvalue weighted by molar-refractivity contribution is 6.30. The van der Waals surface area contributed by atoms with Crippen LogP contribution in [0.2, 0.25) is 5.02 Å². The van der Waals surface area contributed by atoms with Crippen molar-refractivity contribution in [2.75, 3.05) is 7.11 Å². The van der Waals surface area contributed by atoms with E-state index in [-0.39, 0.29) is 17.2 Å². The van der Waals surface area contributed by atoms with E-state index in [1.165, 1.54) is 32.2 Å². The molecule has 1 unspecified atom stereocenters. The molecule has 0 bridgehead atoms. The van der Waals surface area contributed by atoms with E-state index in [0.29, 0.717) is 10.8 Å². The average molecular weight is 366 g/mol. The van der Waals surface area contributed by atoms with Crippen LogP contribution >= 0.6 is 11.6 Å². The number of nitrogens with zero attached hydrogens (tertiary/aromatic N) is 1. The summed E-state index contributed by atoms with van der Waals surface area (Å²) in [5.74, 6) is -0.188. The Balaban J connectivity index is 2.14. The summed E-state index contributed by atoms with van der Waals surface area (Å²) in [6.07, 6.45) is -0.971. The van der Waals surface area contributed by atoms with Crippen molar-refractivity contribution in [3.05, 3.63) is 57.1 Å². The summed E-state index contributed by atoms with van der Waals surface area (Å²) < 4.78 is 15.6. The number of esters is 1. The van der Waals surface area contributed by atoms with Gasteiger partial charge in [-0.2, -0.15) is 0 Å². The second-order valence-corrected chi connectivity index (χ2v) is 5.62. The smallest absolute Gasteiger partial charge is 0.352 e. The Morgan fingerprint density at radius 3 is 2.48 bits per heavy atom. The van der Waals surface area contributed by atoms with Gasteiger partial charge in [-0.05, 0) is 49.7 Å². The Hall–Kier alpha value is -2.80. The molecule has 132 valence electrons. The van der Waals surface area contributed by atoms with Gasteiger partial charge in [0.05, 0.1) is 18.1 Å². The zero-order valence-electron chi connectivity index (χ0n) is 13.8. The van der Waals surface area contributed by atoms with Crippen molar-refractivity contribution in [2.24, 2.45) is 0 Å². The molecule has 2 aromatic carbocycles. The number of nitro benzene ring substituents is 1. The number of carbonyl (C=O) groups excluding carboxylic acids is 1. The number of aryl methyl sites for hydroxylation is 1. The molecule has 0 aliphatic carbocycles. The lowest BCUT2D eigenvalue weighted by atomic mass is 10.2. The third-order valence-corrected chi connectivity index (χ3v) is 3.58. The first-order valence-electron chi connectivity index (χ1n) is 7.28. The fourth-order valence-corrected chi connectivity index (χ4v) is 2.25. The zero-order valence-corrected chi connectivity index (χ0v) is 14.6. The number of hydrogen-bond acceptors (Lipinski definition) is 6. The maximum atomic E-state index is 12.2. The number of hydrogen-bond donors (Lipinski definition) is 0. The Bertz CT molecular complexity index is 808. The second kappa shape index (κ2) is 7.85. The van der Waals surface area contributed by atoms with Crippen LogP contribution in [0.5, 0.6) is 17.2 Å². The van der Waals surface area contributed by atoms with Crippen molar-refractivity contribution in [2.45, 2.75) is 20.0 Å². The van der Waals surface area contributed by atoms with Crippen molar-refractivity contribution in [3.8, 4) is 17.2 Å². The van der Waals surface area contributed by atoms with E-state index >= 15 is 0 Å². The summed E-state index contributed by atoms with van der Waals surface area (Å²) in [7, 11) is 1.38. The van der Waals surface area contributed by atoms with Crippen molar-refractivity contribution >= 4 is 23.3 Å². The fraction of sp³-hybridized carbons (Fsp3) is 0.235. The Morgan fingerprint density at radius 1 is 1.20 bits per heavy atom. The predicted molar refractivity (Wildman–Crippen MR) is 91.6 cm³/mol.